The zero-order valence-corrected chi connectivity index (χ0v) is 14.1. The molecule has 1 atom stereocenters. The van der Waals surface area contributed by atoms with Crippen molar-refractivity contribution < 1.29 is 19.8 Å². The highest BCUT2D eigenvalue weighted by Gasteiger charge is 2.35. The molecule has 2 rings (SSSR count). The number of phenols is 1. The molecule has 19 heavy (non-hydrogen) atoms. The SMILES string of the molecule is O=C(O)[C@H]1CCCN1C(=O)c1cc(I)cc(I)c1O. The Morgan fingerprint density at radius 1 is 1.32 bits per heavy atom. The van der Waals surface area contributed by atoms with E-state index in [0.29, 0.717) is 23.0 Å². The maximum absolute atomic E-state index is 12.4. The van der Waals surface area contributed by atoms with Crippen LogP contribution in [-0.4, -0.2) is 39.6 Å². The van der Waals surface area contributed by atoms with Gasteiger partial charge in [0, 0.05) is 10.1 Å². The average molecular weight is 487 g/mol. The zero-order chi connectivity index (χ0) is 14.2. The quantitative estimate of drug-likeness (QED) is 0.629. The molecule has 1 amide bonds. The number of nitrogens with zero attached hydrogens (tertiary/aromatic N) is 1. The van der Waals surface area contributed by atoms with Crippen LogP contribution in [0.5, 0.6) is 5.75 Å². The van der Waals surface area contributed by atoms with E-state index in [2.05, 4.69) is 22.6 Å². The number of carboxylic acid groups (broad SMARTS) is 1. The van der Waals surface area contributed by atoms with Crippen molar-refractivity contribution >= 4 is 57.1 Å². The molecule has 2 N–H and O–H groups in total. The minimum Gasteiger partial charge on any atom is -0.506 e. The summed E-state index contributed by atoms with van der Waals surface area (Å²) in [6.45, 7) is 0.414. The van der Waals surface area contributed by atoms with Crippen LogP contribution in [0.2, 0.25) is 0 Å². The zero-order valence-electron chi connectivity index (χ0n) is 9.77. The Hall–Kier alpha value is -0.580. The molecule has 1 aromatic carbocycles. The number of aliphatic carboxylic acids is 1. The topological polar surface area (TPSA) is 77.8 Å². The molecule has 0 aromatic heterocycles. The molecule has 1 aliphatic heterocycles. The van der Waals surface area contributed by atoms with Crippen LogP contribution < -0.4 is 0 Å². The molecule has 1 aromatic rings. The molecule has 0 spiro atoms. The number of benzene rings is 1. The molecule has 1 heterocycles. The number of hydrogen-bond acceptors (Lipinski definition) is 3. The second-order valence-electron chi connectivity index (χ2n) is 4.28. The lowest BCUT2D eigenvalue weighted by Crippen LogP contribution is -2.40. The predicted molar refractivity (Wildman–Crippen MR) is 85.2 cm³/mol. The Morgan fingerprint density at radius 2 is 2.00 bits per heavy atom. The fourth-order valence-electron chi connectivity index (χ4n) is 2.15. The van der Waals surface area contributed by atoms with Gasteiger partial charge in [-0.3, -0.25) is 4.79 Å². The molecule has 1 aliphatic rings. The summed E-state index contributed by atoms with van der Waals surface area (Å²) < 4.78 is 1.41. The first-order valence-corrected chi connectivity index (χ1v) is 7.79. The van der Waals surface area contributed by atoms with E-state index >= 15 is 0 Å². The number of carbonyl (C=O) groups excluding carboxylic acids is 1. The summed E-state index contributed by atoms with van der Waals surface area (Å²) in [5.74, 6) is -1.49. The third-order valence-electron chi connectivity index (χ3n) is 3.06. The lowest BCUT2D eigenvalue weighted by Gasteiger charge is -2.22. The summed E-state index contributed by atoms with van der Waals surface area (Å²) in [6.07, 6.45) is 1.13. The van der Waals surface area contributed by atoms with Crippen LogP contribution in [0.15, 0.2) is 12.1 Å². The summed E-state index contributed by atoms with van der Waals surface area (Å²) in [5, 5.41) is 19.1. The van der Waals surface area contributed by atoms with Crippen molar-refractivity contribution in [1.29, 1.82) is 0 Å². The van der Waals surface area contributed by atoms with Gasteiger partial charge in [0.05, 0.1) is 9.13 Å². The van der Waals surface area contributed by atoms with Crippen LogP contribution in [-0.2, 0) is 4.79 Å². The maximum atomic E-state index is 12.4. The average Bonchev–Trinajstić information content (AvgIpc) is 2.82. The Labute approximate surface area is 137 Å². The predicted octanol–water partition coefficient (Wildman–Crippen LogP) is 2.29. The Morgan fingerprint density at radius 3 is 2.63 bits per heavy atom. The van der Waals surface area contributed by atoms with Gasteiger partial charge in [-0.1, -0.05) is 0 Å². The van der Waals surface area contributed by atoms with Crippen LogP contribution >= 0.6 is 45.2 Å². The summed E-state index contributed by atoms with van der Waals surface area (Å²) >= 11 is 4.01. The van der Waals surface area contributed by atoms with Crippen molar-refractivity contribution in [3.05, 3.63) is 24.8 Å². The molecule has 1 fully saturated rings. The van der Waals surface area contributed by atoms with Gasteiger partial charge in [0.2, 0.25) is 0 Å². The highest BCUT2D eigenvalue weighted by Crippen LogP contribution is 2.30. The molecular formula is C12H11I2NO4. The van der Waals surface area contributed by atoms with Gasteiger partial charge in [0.15, 0.2) is 0 Å². The van der Waals surface area contributed by atoms with E-state index in [-0.39, 0.29) is 11.3 Å². The molecule has 0 bridgehead atoms. The molecule has 0 aliphatic carbocycles. The summed E-state index contributed by atoms with van der Waals surface area (Å²) in [4.78, 5) is 24.8. The third-order valence-corrected chi connectivity index (χ3v) is 4.50. The van der Waals surface area contributed by atoms with Crippen LogP contribution in [0.1, 0.15) is 23.2 Å². The molecule has 102 valence electrons. The van der Waals surface area contributed by atoms with Gasteiger partial charge < -0.3 is 15.1 Å². The maximum Gasteiger partial charge on any atom is 0.326 e. The number of carbonyl (C=O) groups is 2. The molecule has 0 radical (unpaired) electrons. The van der Waals surface area contributed by atoms with Crippen molar-refractivity contribution in [2.45, 2.75) is 18.9 Å². The molecule has 0 unspecified atom stereocenters. The molecule has 7 heteroatoms. The van der Waals surface area contributed by atoms with Gasteiger partial charge in [0.25, 0.3) is 5.91 Å². The van der Waals surface area contributed by atoms with Gasteiger partial charge in [0.1, 0.15) is 11.8 Å². The van der Waals surface area contributed by atoms with E-state index in [1.807, 2.05) is 22.6 Å². The Kier molecular flexibility index (Phi) is 4.54. The number of amides is 1. The largest absolute Gasteiger partial charge is 0.506 e. The van der Waals surface area contributed by atoms with Gasteiger partial charge in [-0.15, -0.1) is 0 Å². The fraction of sp³-hybridized carbons (Fsp3) is 0.333. The number of hydrogen-bond donors (Lipinski definition) is 2. The first-order valence-electron chi connectivity index (χ1n) is 5.63. The van der Waals surface area contributed by atoms with Crippen molar-refractivity contribution in [3.8, 4) is 5.75 Å². The fourth-order valence-corrected chi connectivity index (χ4v) is 3.99. The number of aromatic hydroxyl groups is 1. The van der Waals surface area contributed by atoms with E-state index in [4.69, 9.17) is 5.11 Å². The minimum absolute atomic E-state index is 0.0814. The molecule has 1 saturated heterocycles. The highest BCUT2D eigenvalue weighted by molar-refractivity contribution is 14.1. The van der Waals surface area contributed by atoms with Gasteiger partial charge in [-0.05, 0) is 70.2 Å². The molecular weight excluding hydrogens is 476 g/mol. The van der Waals surface area contributed by atoms with Crippen molar-refractivity contribution in [1.82, 2.24) is 4.90 Å². The first kappa shape index (κ1) is 14.8. The van der Waals surface area contributed by atoms with E-state index in [1.165, 1.54) is 4.90 Å². The van der Waals surface area contributed by atoms with E-state index in [0.717, 1.165) is 3.57 Å². The number of carboxylic acids is 1. The summed E-state index contributed by atoms with van der Waals surface area (Å²) in [5.41, 5.74) is 0.171. The second-order valence-corrected chi connectivity index (χ2v) is 6.69. The highest BCUT2D eigenvalue weighted by atomic mass is 127. The monoisotopic (exact) mass is 487 g/mol. The number of rotatable bonds is 2. The lowest BCUT2D eigenvalue weighted by atomic mass is 10.1. The number of halogens is 2. The van der Waals surface area contributed by atoms with Gasteiger partial charge in [-0.2, -0.15) is 0 Å². The van der Waals surface area contributed by atoms with E-state index < -0.39 is 17.9 Å². The van der Waals surface area contributed by atoms with Crippen LogP contribution in [0.25, 0.3) is 0 Å². The van der Waals surface area contributed by atoms with Crippen LogP contribution in [0, 0.1) is 7.14 Å². The van der Waals surface area contributed by atoms with E-state index in [9.17, 15) is 14.7 Å². The van der Waals surface area contributed by atoms with Crippen LogP contribution in [0.3, 0.4) is 0 Å². The van der Waals surface area contributed by atoms with Crippen LogP contribution in [0.4, 0.5) is 0 Å². The standard InChI is InChI=1S/C12H11I2NO4/c13-6-4-7(10(16)8(14)5-6)11(17)15-3-1-2-9(15)12(18)19/h4-5,9,16H,1-3H2,(H,18,19)/t9-/m1/s1. The van der Waals surface area contributed by atoms with Gasteiger partial charge >= 0.3 is 5.97 Å². The number of likely N-dealkylation sites (tertiary alicyclic amines) is 1. The summed E-state index contributed by atoms with van der Waals surface area (Å²) in [7, 11) is 0. The van der Waals surface area contributed by atoms with Crippen molar-refractivity contribution in [2.75, 3.05) is 6.54 Å². The Balaban J connectivity index is 2.37. The van der Waals surface area contributed by atoms with Crippen molar-refractivity contribution in [2.24, 2.45) is 0 Å². The third kappa shape index (κ3) is 2.96. The minimum atomic E-state index is -0.995. The second kappa shape index (κ2) is 5.81. The van der Waals surface area contributed by atoms with Gasteiger partial charge in [-0.25, -0.2) is 4.79 Å². The first-order chi connectivity index (χ1) is 8.91. The van der Waals surface area contributed by atoms with E-state index in [1.54, 1.807) is 12.1 Å². The van der Waals surface area contributed by atoms with Crippen molar-refractivity contribution in [3.63, 3.8) is 0 Å². The Bertz CT molecular complexity index is 547. The molecule has 0 saturated carbocycles. The number of phenolic OH excluding ortho intramolecular Hbond substituents is 1. The normalized spacial score (nSPS) is 18.6. The lowest BCUT2D eigenvalue weighted by molar-refractivity contribution is -0.141. The smallest absolute Gasteiger partial charge is 0.326 e. The molecule has 5 nitrogen and oxygen atoms in total. The summed E-state index contributed by atoms with van der Waals surface area (Å²) in [6, 6.07) is 2.55.